The van der Waals surface area contributed by atoms with Gasteiger partial charge >= 0.3 is 6.18 Å². The van der Waals surface area contributed by atoms with Crippen LogP contribution in [0.15, 0.2) is 17.2 Å². The van der Waals surface area contributed by atoms with E-state index in [9.17, 15) is 18.0 Å². The highest BCUT2D eigenvalue weighted by Crippen LogP contribution is 2.29. The third kappa shape index (κ3) is 2.12. The predicted octanol–water partition coefficient (Wildman–Crippen LogP) is 0.400. The maximum absolute atomic E-state index is 12.7. The molecule has 10 heteroatoms. The molecule has 0 fully saturated rings. The summed E-state index contributed by atoms with van der Waals surface area (Å²) in [5.41, 5.74) is -0.321. The first kappa shape index (κ1) is 12.6. The lowest BCUT2D eigenvalue weighted by atomic mass is 10.3. The van der Waals surface area contributed by atoms with Crippen molar-refractivity contribution in [2.24, 2.45) is 0 Å². The summed E-state index contributed by atoms with van der Waals surface area (Å²) in [6, 6.07) is 1.29. The minimum atomic E-state index is -4.52. The first-order chi connectivity index (χ1) is 9.45. The van der Waals surface area contributed by atoms with Gasteiger partial charge in [0.05, 0.1) is 12.9 Å². The zero-order chi connectivity index (χ0) is 14.3. The summed E-state index contributed by atoms with van der Waals surface area (Å²) in [4.78, 5) is 19.3. The molecule has 2 aromatic heterocycles. The van der Waals surface area contributed by atoms with Crippen LogP contribution < -0.4 is 10.5 Å². The molecule has 1 aliphatic heterocycles. The van der Waals surface area contributed by atoms with Crippen molar-refractivity contribution in [2.45, 2.75) is 19.3 Å². The largest absolute Gasteiger partial charge is 0.451 e. The van der Waals surface area contributed by atoms with Crippen LogP contribution in [-0.2, 0) is 19.3 Å². The molecule has 0 atom stereocenters. The van der Waals surface area contributed by atoms with Crippen LogP contribution in [0.2, 0.25) is 0 Å². The zero-order valence-electron chi connectivity index (χ0n) is 10.1. The average Bonchev–Trinajstić information content (AvgIpc) is 2.81. The monoisotopic (exact) mass is 286 g/mol. The Morgan fingerprint density at radius 2 is 2.05 bits per heavy atom. The molecule has 0 saturated carbocycles. The lowest BCUT2D eigenvalue weighted by Gasteiger charge is -2.28. The third-order valence-corrected chi connectivity index (χ3v) is 2.99. The Morgan fingerprint density at radius 3 is 2.75 bits per heavy atom. The number of aromatic nitrogens is 5. The van der Waals surface area contributed by atoms with Gasteiger partial charge in [-0.15, -0.1) is 10.2 Å². The number of hydrogen-bond acceptors (Lipinski definition) is 5. The number of hydrogen-bond donors (Lipinski definition) is 1. The summed E-state index contributed by atoms with van der Waals surface area (Å²) < 4.78 is 39.1. The highest BCUT2D eigenvalue weighted by atomic mass is 19.4. The number of nitrogens with zero attached hydrogens (tertiary/aromatic N) is 5. The maximum Gasteiger partial charge on any atom is 0.451 e. The van der Waals surface area contributed by atoms with Crippen LogP contribution in [-0.4, -0.2) is 31.3 Å². The highest BCUT2D eigenvalue weighted by Gasteiger charge is 2.39. The number of nitrogens with one attached hydrogen (secondary N) is 1. The van der Waals surface area contributed by atoms with Crippen molar-refractivity contribution in [1.82, 2.24) is 24.7 Å². The summed E-state index contributed by atoms with van der Waals surface area (Å²) in [5, 5.41) is 6.75. The lowest BCUT2D eigenvalue weighted by Crippen LogP contribution is -2.36. The van der Waals surface area contributed by atoms with Gasteiger partial charge in [0, 0.05) is 19.2 Å². The van der Waals surface area contributed by atoms with Crippen LogP contribution in [0.1, 0.15) is 11.6 Å². The molecule has 0 spiro atoms. The number of rotatable bonds is 1. The fraction of sp³-hybridized carbons (Fsp3) is 0.400. The van der Waals surface area contributed by atoms with E-state index >= 15 is 0 Å². The van der Waals surface area contributed by atoms with Gasteiger partial charge in [0.15, 0.2) is 5.82 Å². The summed E-state index contributed by atoms with van der Waals surface area (Å²) in [5.74, 6) is -0.395. The fourth-order valence-electron chi connectivity index (χ4n) is 2.09. The second kappa shape index (κ2) is 4.32. The number of halogens is 3. The molecule has 0 unspecified atom stereocenters. The Hall–Kier alpha value is -2.39. The van der Waals surface area contributed by atoms with Gasteiger partial charge in [0.25, 0.3) is 5.56 Å². The van der Waals surface area contributed by atoms with E-state index in [2.05, 4.69) is 20.2 Å². The van der Waals surface area contributed by atoms with Gasteiger partial charge in [-0.05, 0) is 0 Å². The second-order valence-electron chi connectivity index (χ2n) is 4.28. The number of fused-ring (bicyclic) bond motifs is 1. The standard InChI is InChI=1S/C10H9F3N6O/c11-10(12,13)9-17-16-7-4-18(1-2-19(7)9)6-3-8(20)15-5-14-6/h3,5H,1-2,4H2,(H,14,15,20). The first-order valence-corrected chi connectivity index (χ1v) is 5.74. The van der Waals surface area contributed by atoms with Crippen LogP contribution in [0.4, 0.5) is 19.0 Å². The van der Waals surface area contributed by atoms with Crippen LogP contribution >= 0.6 is 0 Å². The smallest absolute Gasteiger partial charge is 0.347 e. The Morgan fingerprint density at radius 1 is 1.25 bits per heavy atom. The van der Waals surface area contributed by atoms with Gasteiger partial charge in [-0.3, -0.25) is 4.79 Å². The number of H-pyrrole nitrogens is 1. The molecule has 20 heavy (non-hydrogen) atoms. The minimum Gasteiger partial charge on any atom is -0.347 e. The molecule has 7 nitrogen and oxygen atoms in total. The van der Waals surface area contributed by atoms with E-state index in [-0.39, 0.29) is 24.5 Å². The molecule has 1 N–H and O–H groups in total. The molecule has 3 rings (SSSR count). The van der Waals surface area contributed by atoms with Gasteiger partial charge in [-0.1, -0.05) is 0 Å². The van der Waals surface area contributed by atoms with E-state index < -0.39 is 12.0 Å². The zero-order valence-corrected chi connectivity index (χ0v) is 10.1. The van der Waals surface area contributed by atoms with Crippen molar-refractivity contribution < 1.29 is 13.2 Å². The normalized spacial score (nSPS) is 15.2. The SMILES string of the molecule is O=c1cc(N2CCn3c(nnc3C(F)(F)F)C2)nc[nH]1. The maximum atomic E-state index is 12.7. The first-order valence-electron chi connectivity index (χ1n) is 5.74. The molecular formula is C10H9F3N6O. The van der Waals surface area contributed by atoms with Gasteiger partial charge in [-0.25, -0.2) is 4.98 Å². The van der Waals surface area contributed by atoms with E-state index in [1.165, 1.54) is 12.4 Å². The summed E-state index contributed by atoms with van der Waals surface area (Å²) in [7, 11) is 0. The molecule has 0 amide bonds. The Kier molecular flexibility index (Phi) is 2.73. The van der Waals surface area contributed by atoms with Crippen molar-refractivity contribution in [3.63, 3.8) is 0 Å². The molecule has 3 heterocycles. The van der Waals surface area contributed by atoms with E-state index in [1.54, 1.807) is 4.90 Å². The third-order valence-electron chi connectivity index (χ3n) is 2.99. The predicted molar refractivity (Wildman–Crippen MR) is 60.9 cm³/mol. The van der Waals surface area contributed by atoms with E-state index in [0.29, 0.717) is 12.4 Å². The number of aromatic amines is 1. The van der Waals surface area contributed by atoms with E-state index in [0.717, 1.165) is 4.57 Å². The fourth-order valence-corrected chi connectivity index (χ4v) is 2.09. The van der Waals surface area contributed by atoms with Crippen LogP contribution in [0.25, 0.3) is 0 Å². The highest BCUT2D eigenvalue weighted by molar-refractivity contribution is 5.37. The van der Waals surface area contributed by atoms with Crippen molar-refractivity contribution in [2.75, 3.05) is 11.4 Å². The minimum absolute atomic E-state index is 0.0889. The van der Waals surface area contributed by atoms with Gasteiger partial charge in [0.2, 0.25) is 5.82 Å². The summed E-state index contributed by atoms with van der Waals surface area (Å²) in [6.07, 6.45) is -3.27. The van der Waals surface area contributed by atoms with Gasteiger partial charge < -0.3 is 14.5 Å². The Balaban J connectivity index is 1.90. The molecule has 0 aromatic carbocycles. The molecule has 106 valence electrons. The summed E-state index contributed by atoms with van der Waals surface area (Å²) >= 11 is 0. The van der Waals surface area contributed by atoms with E-state index in [4.69, 9.17) is 0 Å². The molecule has 2 aromatic rings. The molecule has 0 saturated heterocycles. The van der Waals surface area contributed by atoms with E-state index in [1.807, 2.05) is 0 Å². The van der Waals surface area contributed by atoms with Crippen molar-refractivity contribution in [1.29, 1.82) is 0 Å². The molecule has 0 aliphatic carbocycles. The molecule has 0 bridgehead atoms. The van der Waals surface area contributed by atoms with Crippen molar-refractivity contribution in [3.05, 3.63) is 34.4 Å². The Bertz CT molecular complexity index is 691. The van der Waals surface area contributed by atoms with Crippen LogP contribution in [0.5, 0.6) is 0 Å². The molecule has 1 aliphatic rings. The van der Waals surface area contributed by atoms with Gasteiger partial charge in [0.1, 0.15) is 5.82 Å². The molecular weight excluding hydrogens is 277 g/mol. The van der Waals surface area contributed by atoms with Gasteiger partial charge in [-0.2, -0.15) is 13.2 Å². The van der Waals surface area contributed by atoms with Crippen LogP contribution in [0.3, 0.4) is 0 Å². The quantitative estimate of drug-likeness (QED) is 0.821. The van der Waals surface area contributed by atoms with Crippen LogP contribution in [0, 0.1) is 0 Å². The number of anilines is 1. The number of alkyl halides is 3. The molecule has 0 radical (unpaired) electrons. The Labute approximate surface area is 110 Å². The van der Waals surface area contributed by atoms with Crippen molar-refractivity contribution in [3.8, 4) is 0 Å². The summed E-state index contributed by atoms with van der Waals surface area (Å²) in [6.45, 7) is 0.510. The average molecular weight is 286 g/mol. The topological polar surface area (TPSA) is 79.7 Å². The van der Waals surface area contributed by atoms with Crippen molar-refractivity contribution >= 4 is 5.82 Å². The second-order valence-corrected chi connectivity index (χ2v) is 4.28. The lowest BCUT2D eigenvalue weighted by molar-refractivity contribution is -0.147.